The average molecular weight is 176 g/mol. The number of carboxylic acid groups (broad SMARTS) is 1. The van der Waals surface area contributed by atoms with E-state index < -0.39 is 36.7 Å². The van der Waals surface area contributed by atoms with Gasteiger partial charge in [-0.25, -0.2) is 4.79 Å². The molecule has 0 aliphatic rings. The van der Waals surface area contributed by atoms with E-state index in [0.717, 1.165) is 0 Å². The molecule has 0 bridgehead atoms. The van der Waals surface area contributed by atoms with Crippen molar-refractivity contribution < 1.29 is 29.7 Å². The number of aliphatic carboxylic acids is 1. The zero-order valence-corrected chi connectivity index (χ0v) is 6.06. The number of carbonyl (C=O) groups excluding carboxylic acids is 2. The lowest BCUT2D eigenvalue weighted by Crippen LogP contribution is -2.30. The molecule has 0 unspecified atom stereocenters. The van der Waals surface area contributed by atoms with Crippen LogP contribution in [0.25, 0.3) is 0 Å². The minimum absolute atomic E-state index is 0.665. The summed E-state index contributed by atoms with van der Waals surface area (Å²) in [5.41, 5.74) is 0. The molecule has 0 amide bonds. The van der Waals surface area contributed by atoms with E-state index in [-0.39, 0.29) is 0 Å². The van der Waals surface area contributed by atoms with E-state index >= 15 is 0 Å². The Morgan fingerprint density at radius 3 is 2.08 bits per heavy atom. The van der Waals surface area contributed by atoms with Gasteiger partial charge in [-0.3, -0.25) is 9.59 Å². The van der Waals surface area contributed by atoms with Crippen molar-refractivity contribution in [1.82, 2.24) is 0 Å². The number of hydrogen-bond acceptors (Lipinski definition) is 5. The fraction of sp³-hybridized carbons (Fsp3) is 0.500. The maximum absolute atomic E-state index is 10.4. The molecule has 6 nitrogen and oxygen atoms in total. The standard InChI is InChI=1S/C6H8O6/c7-2-3(8)1-4(9)5(10)6(11)12/h4,7,9H,1-2H2,(H,11,12)/t4-/m0/s1. The molecule has 0 rings (SSSR count). The second kappa shape index (κ2) is 4.58. The summed E-state index contributed by atoms with van der Waals surface area (Å²) in [7, 11) is 0. The van der Waals surface area contributed by atoms with Crippen LogP contribution in [-0.2, 0) is 14.4 Å². The molecule has 0 radical (unpaired) electrons. The van der Waals surface area contributed by atoms with Crippen LogP contribution in [0.4, 0.5) is 0 Å². The predicted octanol–water partition coefficient (Wildman–Crippen LogP) is -2.05. The summed E-state index contributed by atoms with van der Waals surface area (Å²) >= 11 is 0. The van der Waals surface area contributed by atoms with Crippen LogP contribution in [0.2, 0.25) is 0 Å². The lowest BCUT2D eigenvalue weighted by Gasteiger charge is -2.02. The third kappa shape index (κ3) is 3.22. The molecule has 0 saturated heterocycles. The van der Waals surface area contributed by atoms with Crippen molar-refractivity contribution in [3.05, 3.63) is 0 Å². The fourth-order valence-electron chi connectivity index (χ4n) is 0.515. The van der Waals surface area contributed by atoms with Gasteiger partial charge in [0.15, 0.2) is 5.78 Å². The predicted molar refractivity (Wildman–Crippen MR) is 35.4 cm³/mol. The summed E-state index contributed by atoms with van der Waals surface area (Å²) < 4.78 is 0. The van der Waals surface area contributed by atoms with E-state index in [4.69, 9.17) is 15.3 Å². The maximum Gasteiger partial charge on any atom is 0.375 e. The van der Waals surface area contributed by atoms with Crippen LogP contribution < -0.4 is 0 Å². The lowest BCUT2D eigenvalue weighted by atomic mass is 10.1. The van der Waals surface area contributed by atoms with Crippen molar-refractivity contribution in [1.29, 1.82) is 0 Å². The molecule has 0 spiro atoms. The first-order valence-corrected chi connectivity index (χ1v) is 3.06. The van der Waals surface area contributed by atoms with Crippen LogP contribution >= 0.6 is 0 Å². The molecule has 12 heavy (non-hydrogen) atoms. The highest BCUT2D eigenvalue weighted by atomic mass is 16.4. The van der Waals surface area contributed by atoms with Crippen molar-refractivity contribution in [2.45, 2.75) is 12.5 Å². The van der Waals surface area contributed by atoms with Gasteiger partial charge >= 0.3 is 5.97 Å². The Labute approximate surface area is 67.4 Å². The Hall–Kier alpha value is -1.27. The monoisotopic (exact) mass is 176 g/mol. The van der Waals surface area contributed by atoms with Gasteiger partial charge in [-0.1, -0.05) is 0 Å². The van der Waals surface area contributed by atoms with Gasteiger partial charge in [0, 0.05) is 6.42 Å². The highest BCUT2D eigenvalue weighted by Crippen LogP contribution is 1.94. The highest BCUT2D eigenvalue weighted by molar-refractivity contribution is 6.34. The molecule has 0 aromatic carbocycles. The fourth-order valence-corrected chi connectivity index (χ4v) is 0.515. The van der Waals surface area contributed by atoms with Gasteiger partial charge in [0.25, 0.3) is 5.78 Å². The van der Waals surface area contributed by atoms with Crippen molar-refractivity contribution in [2.75, 3.05) is 6.61 Å². The molecule has 0 aliphatic carbocycles. The summed E-state index contributed by atoms with van der Waals surface area (Å²) in [6.07, 6.45) is -2.52. The third-order valence-electron chi connectivity index (χ3n) is 1.11. The molecule has 0 saturated carbocycles. The Kier molecular flexibility index (Phi) is 4.09. The van der Waals surface area contributed by atoms with Crippen LogP contribution in [0.5, 0.6) is 0 Å². The van der Waals surface area contributed by atoms with Gasteiger partial charge in [0.05, 0.1) is 0 Å². The van der Waals surface area contributed by atoms with E-state index in [2.05, 4.69) is 0 Å². The minimum atomic E-state index is -1.86. The number of aliphatic hydroxyl groups excluding tert-OH is 2. The molecule has 0 aliphatic heterocycles. The molecular weight excluding hydrogens is 168 g/mol. The zero-order chi connectivity index (χ0) is 9.72. The molecule has 1 atom stereocenters. The second-order valence-electron chi connectivity index (χ2n) is 2.09. The molecule has 3 N–H and O–H groups in total. The quantitative estimate of drug-likeness (QED) is 0.416. The smallest absolute Gasteiger partial charge is 0.375 e. The SMILES string of the molecule is O=C(CO)C[C@H](O)C(=O)C(=O)O. The highest BCUT2D eigenvalue weighted by Gasteiger charge is 2.24. The molecule has 0 heterocycles. The Morgan fingerprint density at radius 1 is 1.25 bits per heavy atom. The van der Waals surface area contributed by atoms with E-state index in [9.17, 15) is 14.4 Å². The van der Waals surface area contributed by atoms with E-state index in [1.54, 1.807) is 0 Å². The maximum atomic E-state index is 10.4. The van der Waals surface area contributed by atoms with Crippen molar-refractivity contribution in [3.8, 4) is 0 Å². The number of Topliss-reactive ketones (excluding diaryl/α,β-unsaturated/α-hetero) is 2. The van der Waals surface area contributed by atoms with Gasteiger partial charge in [0.2, 0.25) is 0 Å². The third-order valence-corrected chi connectivity index (χ3v) is 1.11. The topological polar surface area (TPSA) is 112 Å². The molecule has 68 valence electrons. The second-order valence-corrected chi connectivity index (χ2v) is 2.09. The van der Waals surface area contributed by atoms with Crippen LogP contribution in [0.3, 0.4) is 0 Å². The summed E-state index contributed by atoms with van der Waals surface area (Å²) in [5, 5.41) is 25.0. The number of carbonyl (C=O) groups is 3. The van der Waals surface area contributed by atoms with Gasteiger partial charge < -0.3 is 15.3 Å². The normalized spacial score (nSPS) is 12.2. The molecule has 0 aromatic rings. The minimum Gasteiger partial charge on any atom is -0.475 e. The van der Waals surface area contributed by atoms with E-state index in [0.29, 0.717) is 0 Å². The zero-order valence-electron chi connectivity index (χ0n) is 6.06. The largest absolute Gasteiger partial charge is 0.475 e. The van der Waals surface area contributed by atoms with Crippen LogP contribution in [0.1, 0.15) is 6.42 Å². The summed E-state index contributed by atoms with van der Waals surface area (Å²) in [4.78, 5) is 30.7. The van der Waals surface area contributed by atoms with Crippen LogP contribution in [-0.4, -0.2) is 45.6 Å². The number of ketones is 2. The molecule has 0 fully saturated rings. The number of carboxylic acids is 1. The van der Waals surface area contributed by atoms with E-state index in [1.165, 1.54) is 0 Å². The van der Waals surface area contributed by atoms with E-state index in [1.807, 2.05) is 0 Å². The molecule has 6 heteroatoms. The Morgan fingerprint density at radius 2 is 1.75 bits per heavy atom. The van der Waals surface area contributed by atoms with Crippen LogP contribution in [0.15, 0.2) is 0 Å². The van der Waals surface area contributed by atoms with Crippen molar-refractivity contribution in [2.24, 2.45) is 0 Å². The van der Waals surface area contributed by atoms with Crippen molar-refractivity contribution in [3.63, 3.8) is 0 Å². The number of hydrogen-bond donors (Lipinski definition) is 3. The van der Waals surface area contributed by atoms with Gasteiger partial charge in [0.1, 0.15) is 12.7 Å². The number of aliphatic hydroxyl groups is 2. The van der Waals surface area contributed by atoms with Crippen LogP contribution in [0, 0.1) is 0 Å². The lowest BCUT2D eigenvalue weighted by molar-refractivity contribution is -0.153. The first-order valence-electron chi connectivity index (χ1n) is 3.06. The first kappa shape index (κ1) is 10.7. The summed E-state index contributed by atoms with van der Waals surface area (Å²) in [6.45, 7) is -0.816. The average Bonchev–Trinajstić information content (AvgIpc) is 2.02. The first-order chi connectivity index (χ1) is 5.49. The van der Waals surface area contributed by atoms with Gasteiger partial charge in [-0.15, -0.1) is 0 Å². The van der Waals surface area contributed by atoms with Crippen molar-refractivity contribution >= 4 is 17.5 Å². The molecule has 0 aromatic heterocycles. The van der Waals surface area contributed by atoms with Gasteiger partial charge in [-0.05, 0) is 0 Å². The summed E-state index contributed by atoms with van der Waals surface area (Å²) in [6, 6.07) is 0. The Bertz CT molecular complexity index is 208. The summed E-state index contributed by atoms with van der Waals surface area (Å²) in [5.74, 6) is -4.03. The molecular formula is C6H8O6. The Balaban J connectivity index is 4.04. The van der Waals surface area contributed by atoms with Gasteiger partial charge in [-0.2, -0.15) is 0 Å². The number of rotatable bonds is 5.